The first-order chi connectivity index (χ1) is 14.2. The summed E-state index contributed by atoms with van der Waals surface area (Å²) in [6.45, 7) is 0. The molecule has 29 heavy (non-hydrogen) atoms. The Balaban J connectivity index is 1.40. The lowest BCUT2D eigenvalue weighted by Crippen LogP contribution is -2.11. The smallest absolute Gasteiger partial charge is 0.255 e. The van der Waals surface area contributed by atoms with Crippen molar-refractivity contribution in [3.63, 3.8) is 0 Å². The van der Waals surface area contributed by atoms with Crippen molar-refractivity contribution in [2.75, 3.05) is 17.7 Å². The van der Waals surface area contributed by atoms with Gasteiger partial charge in [0.05, 0.1) is 12.8 Å². The lowest BCUT2D eigenvalue weighted by atomic mass is 10.2. The molecule has 0 fully saturated rings. The van der Waals surface area contributed by atoms with Crippen LogP contribution in [0.25, 0.3) is 11.3 Å². The van der Waals surface area contributed by atoms with Crippen LogP contribution in [0.1, 0.15) is 10.4 Å². The van der Waals surface area contributed by atoms with Gasteiger partial charge in [0.2, 0.25) is 0 Å². The summed E-state index contributed by atoms with van der Waals surface area (Å²) in [6, 6.07) is 18.3. The Kier molecular flexibility index (Phi) is 5.49. The number of thiazole rings is 1. The van der Waals surface area contributed by atoms with Gasteiger partial charge in [-0.3, -0.25) is 9.78 Å². The number of carbonyl (C=O) groups excluding carboxylic acids is 1. The largest absolute Gasteiger partial charge is 0.497 e. The predicted octanol–water partition coefficient (Wildman–Crippen LogP) is 5.21. The van der Waals surface area contributed by atoms with Gasteiger partial charge in [-0.25, -0.2) is 4.98 Å². The minimum atomic E-state index is -0.171. The molecule has 0 saturated heterocycles. The molecule has 2 aromatic heterocycles. The average molecular weight is 402 g/mol. The van der Waals surface area contributed by atoms with Gasteiger partial charge in [-0.15, -0.1) is 11.3 Å². The number of pyridine rings is 1. The summed E-state index contributed by atoms with van der Waals surface area (Å²) in [5, 5.41) is 8.89. The summed E-state index contributed by atoms with van der Waals surface area (Å²) in [5.74, 6) is 0.571. The van der Waals surface area contributed by atoms with Gasteiger partial charge < -0.3 is 15.4 Å². The number of hydrogen-bond donors (Lipinski definition) is 2. The van der Waals surface area contributed by atoms with Crippen LogP contribution in [0.15, 0.2) is 78.4 Å². The van der Waals surface area contributed by atoms with Gasteiger partial charge in [-0.05, 0) is 60.7 Å². The second-order valence-corrected chi connectivity index (χ2v) is 7.02. The van der Waals surface area contributed by atoms with Crippen LogP contribution in [-0.2, 0) is 0 Å². The molecular formula is C22H18N4O2S. The molecule has 6 nitrogen and oxygen atoms in total. The first-order valence-electron chi connectivity index (χ1n) is 8.90. The van der Waals surface area contributed by atoms with E-state index in [4.69, 9.17) is 4.74 Å². The molecule has 0 aliphatic rings. The summed E-state index contributed by atoms with van der Waals surface area (Å²) >= 11 is 1.51. The van der Waals surface area contributed by atoms with Gasteiger partial charge in [-0.1, -0.05) is 0 Å². The van der Waals surface area contributed by atoms with E-state index in [0.29, 0.717) is 11.3 Å². The van der Waals surface area contributed by atoms with Crippen LogP contribution in [0.3, 0.4) is 0 Å². The van der Waals surface area contributed by atoms with E-state index in [1.807, 2.05) is 29.6 Å². The maximum absolute atomic E-state index is 12.4. The lowest BCUT2D eigenvalue weighted by molar-refractivity contribution is 0.102. The molecule has 2 N–H and O–H groups in total. The first kappa shape index (κ1) is 18.6. The number of hydrogen-bond acceptors (Lipinski definition) is 6. The summed E-state index contributed by atoms with van der Waals surface area (Å²) in [4.78, 5) is 21.1. The van der Waals surface area contributed by atoms with Crippen LogP contribution in [-0.4, -0.2) is 23.0 Å². The summed E-state index contributed by atoms with van der Waals surface area (Å²) < 4.78 is 5.12. The van der Waals surface area contributed by atoms with Gasteiger partial charge in [0.15, 0.2) is 5.13 Å². The zero-order valence-electron chi connectivity index (χ0n) is 15.6. The van der Waals surface area contributed by atoms with Crippen molar-refractivity contribution < 1.29 is 9.53 Å². The number of benzene rings is 2. The molecule has 7 heteroatoms. The third-order valence-electron chi connectivity index (χ3n) is 4.21. The van der Waals surface area contributed by atoms with Crippen LogP contribution in [0.4, 0.5) is 16.5 Å². The maximum Gasteiger partial charge on any atom is 0.255 e. The molecule has 1 amide bonds. The van der Waals surface area contributed by atoms with Crippen molar-refractivity contribution in [2.45, 2.75) is 0 Å². The van der Waals surface area contributed by atoms with Crippen molar-refractivity contribution in [2.24, 2.45) is 0 Å². The number of anilines is 3. The number of nitrogens with zero attached hydrogens (tertiary/aromatic N) is 2. The third-order valence-corrected chi connectivity index (χ3v) is 4.97. The second kappa shape index (κ2) is 8.53. The Labute approximate surface area is 172 Å². The summed E-state index contributed by atoms with van der Waals surface area (Å²) in [6.07, 6.45) is 3.52. The van der Waals surface area contributed by atoms with Crippen LogP contribution in [0, 0.1) is 0 Å². The SMILES string of the molecule is COc1ccc(NC(=O)c2ccc(Nc3nc(-c4cccnc4)cs3)cc2)cc1. The van der Waals surface area contributed by atoms with Crippen molar-refractivity contribution in [1.29, 1.82) is 0 Å². The number of rotatable bonds is 6. The number of ether oxygens (including phenoxy) is 1. The Bertz CT molecular complexity index is 1090. The van der Waals surface area contributed by atoms with Crippen molar-refractivity contribution in [1.82, 2.24) is 9.97 Å². The van der Waals surface area contributed by atoms with Crippen LogP contribution < -0.4 is 15.4 Å². The maximum atomic E-state index is 12.4. The van der Waals surface area contributed by atoms with Gasteiger partial charge >= 0.3 is 0 Å². The Morgan fingerprint density at radius 1 is 1.00 bits per heavy atom. The van der Waals surface area contributed by atoms with Crippen molar-refractivity contribution in [3.8, 4) is 17.0 Å². The summed E-state index contributed by atoms with van der Waals surface area (Å²) in [7, 11) is 1.61. The molecule has 0 spiro atoms. The topological polar surface area (TPSA) is 76.1 Å². The highest BCUT2D eigenvalue weighted by Crippen LogP contribution is 2.27. The third kappa shape index (κ3) is 4.59. The van der Waals surface area contributed by atoms with Crippen molar-refractivity contribution >= 4 is 33.8 Å². The Hall–Kier alpha value is -3.71. The number of aromatic nitrogens is 2. The summed E-state index contributed by atoms with van der Waals surface area (Å²) in [5.41, 5.74) is 3.99. The highest BCUT2D eigenvalue weighted by atomic mass is 32.1. The lowest BCUT2D eigenvalue weighted by Gasteiger charge is -2.07. The molecule has 4 aromatic rings. The van der Waals surface area contributed by atoms with E-state index in [2.05, 4.69) is 20.6 Å². The molecular weight excluding hydrogens is 384 g/mol. The molecule has 2 aromatic carbocycles. The normalized spacial score (nSPS) is 10.4. The van der Waals surface area contributed by atoms with Gasteiger partial charge in [0.1, 0.15) is 5.75 Å². The molecule has 2 heterocycles. The molecule has 0 bridgehead atoms. The van der Waals surface area contributed by atoms with Crippen LogP contribution in [0.5, 0.6) is 5.75 Å². The molecule has 0 saturated carbocycles. The Morgan fingerprint density at radius 3 is 2.45 bits per heavy atom. The quantitative estimate of drug-likeness (QED) is 0.463. The minimum Gasteiger partial charge on any atom is -0.497 e. The van der Waals surface area contributed by atoms with E-state index >= 15 is 0 Å². The zero-order chi connectivity index (χ0) is 20.1. The fourth-order valence-corrected chi connectivity index (χ4v) is 3.42. The molecule has 0 radical (unpaired) electrons. The van der Waals surface area contributed by atoms with Crippen LogP contribution >= 0.6 is 11.3 Å². The number of nitrogens with one attached hydrogen (secondary N) is 2. The molecule has 0 atom stereocenters. The fourth-order valence-electron chi connectivity index (χ4n) is 2.68. The first-order valence-corrected chi connectivity index (χ1v) is 9.78. The van der Waals surface area contributed by atoms with Gasteiger partial charge in [-0.2, -0.15) is 0 Å². The zero-order valence-corrected chi connectivity index (χ0v) is 16.4. The van der Waals surface area contributed by atoms with Gasteiger partial charge in [0.25, 0.3) is 5.91 Å². The standard InChI is InChI=1S/C22H18N4O2S/c1-28-19-10-8-17(9-11-19)24-21(27)15-4-6-18(7-5-15)25-22-26-20(14-29-22)16-3-2-12-23-13-16/h2-14H,1H3,(H,24,27)(H,25,26). The highest BCUT2D eigenvalue weighted by Gasteiger charge is 2.08. The molecule has 0 unspecified atom stereocenters. The monoisotopic (exact) mass is 402 g/mol. The van der Waals surface area contributed by atoms with Crippen molar-refractivity contribution in [3.05, 3.63) is 84.0 Å². The van der Waals surface area contributed by atoms with E-state index in [0.717, 1.165) is 27.8 Å². The van der Waals surface area contributed by atoms with E-state index in [1.165, 1.54) is 11.3 Å². The molecule has 4 rings (SSSR count). The fraction of sp³-hybridized carbons (Fsp3) is 0.0455. The number of amides is 1. The molecule has 144 valence electrons. The molecule has 0 aliphatic heterocycles. The molecule has 0 aliphatic carbocycles. The van der Waals surface area contributed by atoms with E-state index < -0.39 is 0 Å². The number of carbonyl (C=O) groups is 1. The van der Waals surface area contributed by atoms with E-state index in [-0.39, 0.29) is 5.91 Å². The Morgan fingerprint density at radius 2 is 1.76 bits per heavy atom. The van der Waals surface area contributed by atoms with Gasteiger partial charge in [0, 0.05) is 40.3 Å². The van der Waals surface area contributed by atoms with Crippen LogP contribution in [0.2, 0.25) is 0 Å². The van der Waals surface area contributed by atoms with E-state index in [9.17, 15) is 4.79 Å². The van der Waals surface area contributed by atoms with E-state index in [1.54, 1.807) is 55.9 Å². The average Bonchev–Trinajstić information content (AvgIpc) is 3.24. The predicted molar refractivity (Wildman–Crippen MR) is 116 cm³/mol. The second-order valence-electron chi connectivity index (χ2n) is 6.16. The highest BCUT2D eigenvalue weighted by molar-refractivity contribution is 7.14. The number of methoxy groups -OCH3 is 1. The minimum absolute atomic E-state index is 0.171.